The SMILES string of the molecule is CCC1SC(C)(C)C(C#N)N1c1nc(Cl)nc(NC(C)(C)C)n1. The Kier molecular flexibility index (Phi) is 4.97. The summed E-state index contributed by atoms with van der Waals surface area (Å²) in [5, 5.41) is 13.1. The molecule has 1 N–H and O–H groups in total. The third kappa shape index (κ3) is 3.99. The normalized spacial score (nSPS) is 23.7. The highest BCUT2D eigenvalue weighted by atomic mass is 35.5. The van der Waals surface area contributed by atoms with Crippen molar-refractivity contribution >= 4 is 35.3 Å². The first-order valence-corrected chi connectivity index (χ1v) is 8.88. The van der Waals surface area contributed by atoms with Gasteiger partial charge in [0.2, 0.25) is 17.2 Å². The molecule has 0 aliphatic carbocycles. The van der Waals surface area contributed by atoms with Gasteiger partial charge in [0.25, 0.3) is 0 Å². The highest BCUT2D eigenvalue weighted by Crippen LogP contribution is 2.46. The Hall–Kier alpha value is -1.26. The van der Waals surface area contributed by atoms with Gasteiger partial charge in [-0.2, -0.15) is 20.2 Å². The summed E-state index contributed by atoms with van der Waals surface area (Å²) in [5.41, 5.74) is -0.195. The Labute approximate surface area is 147 Å². The molecule has 2 rings (SSSR count). The van der Waals surface area contributed by atoms with Gasteiger partial charge in [0.15, 0.2) is 0 Å². The van der Waals surface area contributed by atoms with Gasteiger partial charge >= 0.3 is 0 Å². The third-order valence-electron chi connectivity index (χ3n) is 3.47. The monoisotopic (exact) mass is 354 g/mol. The molecule has 0 spiro atoms. The average Bonchev–Trinajstić information content (AvgIpc) is 2.66. The highest BCUT2D eigenvalue weighted by Gasteiger charge is 2.48. The summed E-state index contributed by atoms with van der Waals surface area (Å²) in [7, 11) is 0. The van der Waals surface area contributed by atoms with Gasteiger partial charge in [-0.05, 0) is 52.6 Å². The minimum Gasteiger partial charge on any atom is -0.349 e. The Morgan fingerprint density at radius 3 is 2.52 bits per heavy atom. The molecule has 8 heteroatoms. The molecule has 2 atom stereocenters. The summed E-state index contributed by atoms with van der Waals surface area (Å²) in [6.07, 6.45) is 0.887. The Bertz CT molecular complexity index is 621. The molecule has 0 radical (unpaired) electrons. The lowest BCUT2D eigenvalue weighted by Gasteiger charge is -2.28. The van der Waals surface area contributed by atoms with Gasteiger partial charge in [0.1, 0.15) is 6.04 Å². The van der Waals surface area contributed by atoms with E-state index in [1.165, 1.54) is 0 Å². The van der Waals surface area contributed by atoms with Crippen LogP contribution in [0.5, 0.6) is 0 Å². The van der Waals surface area contributed by atoms with E-state index >= 15 is 0 Å². The minimum atomic E-state index is -0.321. The maximum atomic E-state index is 9.65. The van der Waals surface area contributed by atoms with E-state index in [0.717, 1.165) is 6.42 Å². The zero-order valence-corrected chi connectivity index (χ0v) is 16.0. The molecule has 0 aromatic carbocycles. The Morgan fingerprint density at radius 2 is 2.00 bits per heavy atom. The number of nitrogens with one attached hydrogen (secondary N) is 1. The number of aromatic nitrogens is 3. The van der Waals surface area contributed by atoms with Crippen molar-refractivity contribution in [2.24, 2.45) is 0 Å². The zero-order chi connectivity index (χ0) is 17.4. The van der Waals surface area contributed by atoms with Crippen molar-refractivity contribution < 1.29 is 0 Å². The first-order chi connectivity index (χ1) is 10.6. The summed E-state index contributed by atoms with van der Waals surface area (Å²) in [6.45, 7) is 12.3. The van der Waals surface area contributed by atoms with Gasteiger partial charge in [-0.15, -0.1) is 11.8 Å². The number of thioether (sulfide) groups is 1. The van der Waals surface area contributed by atoms with E-state index in [4.69, 9.17) is 11.6 Å². The lowest BCUT2D eigenvalue weighted by Crippen LogP contribution is -2.42. The molecule has 0 bridgehead atoms. The number of nitriles is 1. The molecule has 0 saturated carbocycles. The Morgan fingerprint density at radius 1 is 1.35 bits per heavy atom. The van der Waals surface area contributed by atoms with E-state index in [-0.39, 0.29) is 27.0 Å². The second-order valence-electron chi connectivity index (χ2n) is 7.13. The number of nitrogens with zero attached hydrogens (tertiary/aromatic N) is 5. The summed E-state index contributed by atoms with van der Waals surface area (Å²) in [5.74, 6) is 0.877. The molecular weight excluding hydrogens is 332 g/mol. The van der Waals surface area contributed by atoms with Gasteiger partial charge in [-0.25, -0.2) is 0 Å². The first-order valence-electron chi connectivity index (χ1n) is 7.63. The molecule has 1 saturated heterocycles. The fraction of sp³-hybridized carbons (Fsp3) is 0.733. The second kappa shape index (κ2) is 6.33. The van der Waals surface area contributed by atoms with Crippen LogP contribution in [0.3, 0.4) is 0 Å². The van der Waals surface area contributed by atoms with Crippen LogP contribution in [0.2, 0.25) is 5.28 Å². The largest absolute Gasteiger partial charge is 0.349 e. The Balaban J connectivity index is 2.45. The predicted octanol–water partition coefficient (Wildman–Crippen LogP) is 3.70. The lowest BCUT2D eigenvalue weighted by molar-refractivity contribution is 0.584. The number of hydrogen-bond acceptors (Lipinski definition) is 7. The van der Waals surface area contributed by atoms with Crippen LogP contribution in [0, 0.1) is 11.3 Å². The van der Waals surface area contributed by atoms with E-state index in [0.29, 0.717) is 11.9 Å². The molecule has 1 aromatic heterocycles. The van der Waals surface area contributed by atoms with Crippen LogP contribution < -0.4 is 10.2 Å². The molecule has 1 aliphatic rings. The molecule has 2 unspecified atom stereocenters. The van der Waals surface area contributed by atoms with Crippen molar-refractivity contribution in [2.75, 3.05) is 10.2 Å². The van der Waals surface area contributed by atoms with Crippen molar-refractivity contribution in [3.63, 3.8) is 0 Å². The summed E-state index contributed by atoms with van der Waals surface area (Å²) >= 11 is 7.86. The zero-order valence-electron chi connectivity index (χ0n) is 14.4. The van der Waals surface area contributed by atoms with E-state index in [1.807, 2.05) is 25.7 Å². The van der Waals surface area contributed by atoms with E-state index in [9.17, 15) is 5.26 Å². The van der Waals surface area contributed by atoms with Gasteiger partial charge in [0, 0.05) is 10.3 Å². The molecule has 1 fully saturated rings. The lowest BCUT2D eigenvalue weighted by atomic mass is 10.0. The first kappa shape index (κ1) is 18.1. The van der Waals surface area contributed by atoms with Crippen molar-refractivity contribution in [1.29, 1.82) is 5.26 Å². The van der Waals surface area contributed by atoms with Gasteiger partial charge in [-0.3, -0.25) is 0 Å². The quantitative estimate of drug-likeness (QED) is 0.886. The van der Waals surface area contributed by atoms with Crippen LogP contribution in [0.4, 0.5) is 11.9 Å². The minimum absolute atomic E-state index is 0.128. The van der Waals surface area contributed by atoms with Crippen LogP contribution >= 0.6 is 23.4 Å². The van der Waals surface area contributed by atoms with Gasteiger partial charge in [0.05, 0.1) is 11.4 Å². The van der Waals surface area contributed by atoms with E-state index in [2.05, 4.69) is 47.1 Å². The van der Waals surface area contributed by atoms with Crippen LogP contribution in [0.15, 0.2) is 0 Å². The number of rotatable bonds is 3. The molecule has 0 amide bonds. The van der Waals surface area contributed by atoms with Crippen molar-refractivity contribution in [3.8, 4) is 6.07 Å². The van der Waals surface area contributed by atoms with Crippen LogP contribution in [0.1, 0.15) is 48.0 Å². The van der Waals surface area contributed by atoms with Crippen molar-refractivity contribution in [3.05, 3.63) is 5.28 Å². The van der Waals surface area contributed by atoms with Crippen LogP contribution in [-0.2, 0) is 0 Å². The van der Waals surface area contributed by atoms with Gasteiger partial charge in [-0.1, -0.05) is 6.92 Å². The number of hydrogen-bond donors (Lipinski definition) is 1. The second-order valence-corrected chi connectivity index (χ2v) is 9.30. The molecular formula is C15H23ClN6S. The standard InChI is InChI=1S/C15H23ClN6S/c1-7-10-22(9(8-17)15(5,6)23-10)13-19-11(16)18-12(20-13)21-14(2,3)4/h9-10H,7H2,1-6H3,(H,18,19,20,21). The molecule has 1 aromatic rings. The van der Waals surface area contributed by atoms with Crippen LogP contribution in [0.25, 0.3) is 0 Å². The van der Waals surface area contributed by atoms with Crippen molar-refractivity contribution in [2.45, 2.75) is 69.7 Å². The van der Waals surface area contributed by atoms with E-state index in [1.54, 1.807) is 11.8 Å². The van der Waals surface area contributed by atoms with Crippen LogP contribution in [-0.4, -0.2) is 36.7 Å². The molecule has 1 aliphatic heterocycles. The van der Waals surface area contributed by atoms with Gasteiger partial charge < -0.3 is 10.2 Å². The molecule has 6 nitrogen and oxygen atoms in total. The highest BCUT2D eigenvalue weighted by molar-refractivity contribution is 8.01. The smallest absolute Gasteiger partial charge is 0.233 e. The third-order valence-corrected chi connectivity index (χ3v) is 5.30. The maximum Gasteiger partial charge on any atom is 0.233 e. The number of halogens is 1. The van der Waals surface area contributed by atoms with E-state index < -0.39 is 0 Å². The van der Waals surface area contributed by atoms with Crippen molar-refractivity contribution in [1.82, 2.24) is 15.0 Å². The molecule has 23 heavy (non-hydrogen) atoms. The summed E-state index contributed by atoms with van der Waals surface area (Å²) in [4.78, 5) is 14.9. The maximum absolute atomic E-state index is 9.65. The molecule has 126 valence electrons. The fourth-order valence-electron chi connectivity index (χ4n) is 2.56. The fourth-order valence-corrected chi connectivity index (χ4v) is 4.21. The summed E-state index contributed by atoms with van der Waals surface area (Å²) < 4.78 is -0.202. The summed E-state index contributed by atoms with van der Waals surface area (Å²) in [6, 6.07) is 2.07. The predicted molar refractivity (Wildman–Crippen MR) is 95.8 cm³/mol. The average molecular weight is 355 g/mol. The topological polar surface area (TPSA) is 77.7 Å². The number of anilines is 2. The molecule has 2 heterocycles.